The number of carboxylic acid groups (broad SMARTS) is 1. The minimum absolute atomic E-state index is 0.0163. The van der Waals surface area contributed by atoms with Crippen LogP contribution >= 0.6 is 23.4 Å². The van der Waals surface area contributed by atoms with E-state index in [4.69, 9.17) is 16.7 Å². The summed E-state index contributed by atoms with van der Waals surface area (Å²) < 4.78 is 0. The van der Waals surface area contributed by atoms with Gasteiger partial charge in [0.2, 0.25) is 5.91 Å². The van der Waals surface area contributed by atoms with Gasteiger partial charge in [-0.1, -0.05) is 11.6 Å². The van der Waals surface area contributed by atoms with Crippen LogP contribution in [0.3, 0.4) is 0 Å². The van der Waals surface area contributed by atoms with Crippen LogP contribution < -0.4 is 5.32 Å². The largest absolute Gasteiger partial charge is 0.477 e. The van der Waals surface area contributed by atoms with Crippen molar-refractivity contribution in [2.45, 2.75) is 11.8 Å². The van der Waals surface area contributed by atoms with E-state index < -0.39 is 5.97 Å². The van der Waals surface area contributed by atoms with Crippen LogP contribution in [0, 0.1) is 6.92 Å². The Balaban J connectivity index is 1.96. The molecule has 0 aliphatic carbocycles. The summed E-state index contributed by atoms with van der Waals surface area (Å²) in [5.41, 5.74) is 0.937. The van der Waals surface area contributed by atoms with Gasteiger partial charge in [0, 0.05) is 15.6 Å². The van der Waals surface area contributed by atoms with Crippen molar-refractivity contribution < 1.29 is 14.7 Å². The van der Waals surface area contributed by atoms with Gasteiger partial charge in [-0.3, -0.25) is 4.79 Å². The van der Waals surface area contributed by atoms with Gasteiger partial charge >= 0.3 is 5.97 Å². The third kappa shape index (κ3) is 4.27. The predicted molar refractivity (Wildman–Crippen MR) is 83.3 cm³/mol. The number of rotatable bonds is 5. The van der Waals surface area contributed by atoms with Gasteiger partial charge in [0.15, 0.2) is 0 Å². The molecule has 110 valence electrons. The van der Waals surface area contributed by atoms with Gasteiger partial charge in [-0.25, -0.2) is 4.79 Å². The number of amides is 1. The fraction of sp³-hybridized carbons (Fsp3) is 0.143. The number of aromatic nitrogens is 1. The molecule has 2 rings (SSSR count). The summed E-state index contributed by atoms with van der Waals surface area (Å²) in [4.78, 5) is 26.5. The molecule has 0 fully saturated rings. The first-order valence-electron chi connectivity index (χ1n) is 6.07. The number of carboxylic acids is 1. The number of carbonyl (C=O) groups is 2. The quantitative estimate of drug-likeness (QED) is 0.736. The summed E-state index contributed by atoms with van der Waals surface area (Å²) >= 11 is 7.13. The fourth-order valence-electron chi connectivity index (χ4n) is 1.72. The van der Waals surface area contributed by atoms with Crippen LogP contribution in [0.5, 0.6) is 0 Å². The lowest BCUT2D eigenvalue weighted by Crippen LogP contribution is -2.15. The standard InChI is InChI=1S/C14H13ClN2O3S/c1-8-6-11(13(16-8)14(19)20)17-12(18)7-21-10-4-2-9(15)3-5-10/h2-6,16H,7H2,1H3,(H,17,18)(H,19,20). The third-order valence-corrected chi connectivity index (χ3v) is 3.89. The van der Waals surface area contributed by atoms with Crippen LogP contribution in [0.25, 0.3) is 0 Å². The number of halogens is 1. The van der Waals surface area contributed by atoms with Gasteiger partial charge in [-0.05, 0) is 37.3 Å². The number of carbonyl (C=O) groups excluding carboxylic acids is 1. The highest BCUT2D eigenvalue weighted by Crippen LogP contribution is 2.21. The molecule has 3 N–H and O–H groups in total. The molecule has 21 heavy (non-hydrogen) atoms. The van der Waals surface area contributed by atoms with Gasteiger partial charge in [0.05, 0.1) is 11.4 Å². The fourth-order valence-corrected chi connectivity index (χ4v) is 2.55. The minimum atomic E-state index is -1.11. The topological polar surface area (TPSA) is 82.2 Å². The molecule has 0 aliphatic rings. The number of aromatic amines is 1. The van der Waals surface area contributed by atoms with E-state index in [9.17, 15) is 9.59 Å². The second-order valence-electron chi connectivity index (χ2n) is 4.34. The Kier molecular flexibility index (Phi) is 4.93. The summed E-state index contributed by atoms with van der Waals surface area (Å²) in [5, 5.41) is 12.3. The highest BCUT2D eigenvalue weighted by Gasteiger charge is 2.15. The van der Waals surface area contributed by atoms with E-state index in [1.807, 2.05) is 12.1 Å². The number of benzene rings is 1. The average molecular weight is 325 g/mol. The van der Waals surface area contributed by atoms with Gasteiger partial charge < -0.3 is 15.4 Å². The summed E-state index contributed by atoms with van der Waals surface area (Å²) in [6.45, 7) is 1.73. The highest BCUT2D eigenvalue weighted by molar-refractivity contribution is 8.00. The molecule has 0 saturated carbocycles. The second kappa shape index (κ2) is 6.69. The molecule has 0 atom stereocenters. The monoisotopic (exact) mass is 324 g/mol. The molecule has 0 bridgehead atoms. The molecule has 2 aromatic rings. The number of hydrogen-bond donors (Lipinski definition) is 3. The van der Waals surface area contributed by atoms with Crippen LogP contribution in [0.15, 0.2) is 35.2 Å². The van der Waals surface area contributed by atoms with Crippen molar-refractivity contribution in [1.82, 2.24) is 4.98 Å². The molecule has 1 heterocycles. The zero-order valence-electron chi connectivity index (χ0n) is 11.1. The van der Waals surface area contributed by atoms with E-state index in [-0.39, 0.29) is 23.0 Å². The average Bonchev–Trinajstić information content (AvgIpc) is 2.79. The number of thioether (sulfide) groups is 1. The third-order valence-electron chi connectivity index (χ3n) is 2.62. The summed E-state index contributed by atoms with van der Waals surface area (Å²) in [6, 6.07) is 8.74. The first-order chi connectivity index (χ1) is 9.95. The normalized spacial score (nSPS) is 10.4. The summed E-state index contributed by atoms with van der Waals surface area (Å²) in [6.07, 6.45) is 0. The van der Waals surface area contributed by atoms with Crippen molar-refractivity contribution >= 4 is 40.9 Å². The molecule has 0 unspecified atom stereocenters. The Hall–Kier alpha value is -1.92. The zero-order chi connectivity index (χ0) is 15.4. The van der Waals surface area contributed by atoms with E-state index >= 15 is 0 Å². The number of H-pyrrole nitrogens is 1. The maximum absolute atomic E-state index is 11.9. The molecular formula is C14H13ClN2O3S. The lowest BCUT2D eigenvalue weighted by Gasteiger charge is -2.04. The maximum atomic E-state index is 11.9. The van der Waals surface area contributed by atoms with Crippen LogP contribution in [-0.4, -0.2) is 27.7 Å². The van der Waals surface area contributed by atoms with E-state index in [0.29, 0.717) is 10.7 Å². The maximum Gasteiger partial charge on any atom is 0.354 e. The molecule has 0 saturated heterocycles. The van der Waals surface area contributed by atoms with E-state index in [1.165, 1.54) is 11.8 Å². The van der Waals surface area contributed by atoms with Crippen molar-refractivity contribution in [3.63, 3.8) is 0 Å². The molecule has 5 nitrogen and oxygen atoms in total. The van der Waals surface area contributed by atoms with Crippen LogP contribution in [0.1, 0.15) is 16.2 Å². The molecule has 0 spiro atoms. The van der Waals surface area contributed by atoms with Gasteiger partial charge in [0.1, 0.15) is 5.69 Å². The smallest absolute Gasteiger partial charge is 0.354 e. The SMILES string of the molecule is Cc1cc(NC(=O)CSc2ccc(Cl)cc2)c(C(=O)O)[nH]1. The van der Waals surface area contributed by atoms with Gasteiger partial charge in [0.25, 0.3) is 0 Å². The molecule has 0 aliphatic heterocycles. The molecular weight excluding hydrogens is 312 g/mol. The van der Waals surface area contributed by atoms with Crippen molar-refractivity contribution in [1.29, 1.82) is 0 Å². The Morgan fingerprint density at radius 3 is 2.62 bits per heavy atom. The molecule has 1 amide bonds. The number of hydrogen-bond acceptors (Lipinski definition) is 3. The number of aromatic carboxylic acids is 1. The number of aryl methyl sites for hydroxylation is 1. The van der Waals surface area contributed by atoms with Gasteiger partial charge in [-0.15, -0.1) is 11.8 Å². The Labute approximate surface area is 130 Å². The van der Waals surface area contributed by atoms with Crippen molar-refractivity contribution in [2.75, 3.05) is 11.1 Å². The highest BCUT2D eigenvalue weighted by atomic mass is 35.5. The van der Waals surface area contributed by atoms with E-state index in [1.54, 1.807) is 25.1 Å². The minimum Gasteiger partial charge on any atom is -0.477 e. The number of nitrogens with one attached hydrogen (secondary N) is 2. The van der Waals surface area contributed by atoms with Crippen molar-refractivity contribution in [2.24, 2.45) is 0 Å². The molecule has 1 aromatic heterocycles. The lowest BCUT2D eigenvalue weighted by molar-refractivity contribution is -0.113. The van der Waals surface area contributed by atoms with E-state index in [0.717, 1.165) is 4.90 Å². The second-order valence-corrected chi connectivity index (χ2v) is 5.82. The predicted octanol–water partition coefficient (Wildman–Crippen LogP) is 3.41. The first-order valence-corrected chi connectivity index (χ1v) is 7.43. The Morgan fingerprint density at radius 2 is 2.00 bits per heavy atom. The van der Waals surface area contributed by atoms with Crippen molar-refractivity contribution in [3.05, 3.63) is 46.7 Å². The zero-order valence-corrected chi connectivity index (χ0v) is 12.7. The Bertz CT molecular complexity index is 667. The molecule has 1 aromatic carbocycles. The van der Waals surface area contributed by atoms with Crippen LogP contribution in [-0.2, 0) is 4.79 Å². The Morgan fingerprint density at radius 1 is 1.33 bits per heavy atom. The lowest BCUT2D eigenvalue weighted by atomic mass is 10.3. The van der Waals surface area contributed by atoms with Crippen molar-refractivity contribution in [3.8, 4) is 0 Å². The molecule has 0 radical (unpaired) electrons. The summed E-state index contributed by atoms with van der Waals surface area (Å²) in [7, 11) is 0. The molecule has 7 heteroatoms. The van der Waals surface area contributed by atoms with Gasteiger partial charge in [-0.2, -0.15) is 0 Å². The van der Waals surface area contributed by atoms with Crippen LogP contribution in [0.4, 0.5) is 5.69 Å². The number of anilines is 1. The summed E-state index contributed by atoms with van der Waals surface area (Å²) in [5.74, 6) is -1.19. The first kappa shape index (κ1) is 15.5. The van der Waals surface area contributed by atoms with Crippen LogP contribution in [0.2, 0.25) is 5.02 Å². The van der Waals surface area contributed by atoms with E-state index in [2.05, 4.69) is 10.3 Å².